The van der Waals surface area contributed by atoms with Gasteiger partial charge in [-0.2, -0.15) is 0 Å². The lowest BCUT2D eigenvalue weighted by atomic mass is 10.2. The Kier molecular flexibility index (Phi) is 6.21. The zero-order chi connectivity index (χ0) is 18.4. The molecule has 2 aromatic rings. The van der Waals surface area contributed by atoms with Gasteiger partial charge in [0, 0.05) is 23.8 Å². The van der Waals surface area contributed by atoms with Crippen LogP contribution in [-0.2, 0) is 9.47 Å². The van der Waals surface area contributed by atoms with Gasteiger partial charge in [0.05, 0.1) is 18.4 Å². The molecule has 8 heteroatoms. The number of hydrogen-bond donors (Lipinski definition) is 2. The fourth-order valence-corrected chi connectivity index (χ4v) is 3.02. The van der Waals surface area contributed by atoms with Gasteiger partial charge in [0.1, 0.15) is 17.2 Å². The molecule has 26 heavy (non-hydrogen) atoms. The smallest absolute Gasteiger partial charge is 0.409 e. The molecule has 0 spiro atoms. The Morgan fingerprint density at radius 2 is 2.00 bits per heavy atom. The Bertz CT molecular complexity index is 748. The predicted molar refractivity (Wildman–Crippen MR) is 97.6 cm³/mol. The largest absolute Gasteiger partial charge is 0.465 e. The van der Waals surface area contributed by atoms with Crippen LogP contribution in [0.1, 0.15) is 0 Å². The van der Waals surface area contributed by atoms with E-state index in [1.165, 1.54) is 7.11 Å². The van der Waals surface area contributed by atoms with Crippen molar-refractivity contribution >= 4 is 23.5 Å². The van der Waals surface area contributed by atoms with Gasteiger partial charge >= 0.3 is 6.09 Å². The molecule has 1 aliphatic rings. The van der Waals surface area contributed by atoms with Crippen LogP contribution in [-0.4, -0.2) is 43.6 Å². The fourth-order valence-electron chi connectivity index (χ4n) is 2.12. The minimum absolute atomic E-state index is 0.00557. The monoisotopic (exact) mass is 377 g/mol. The van der Waals surface area contributed by atoms with Crippen LogP contribution in [0.3, 0.4) is 0 Å². The van der Waals surface area contributed by atoms with Crippen LogP contribution in [0, 0.1) is 0 Å². The molecule has 2 aromatic carbocycles. The van der Waals surface area contributed by atoms with Gasteiger partial charge in [0.15, 0.2) is 6.79 Å². The van der Waals surface area contributed by atoms with Crippen molar-refractivity contribution in [1.82, 2.24) is 0 Å². The molecule has 0 bridgehead atoms. The van der Waals surface area contributed by atoms with E-state index in [2.05, 4.69) is 5.32 Å². The Morgan fingerprint density at radius 1 is 1.27 bits per heavy atom. The molecule has 1 aliphatic heterocycles. The summed E-state index contributed by atoms with van der Waals surface area (Å²) in [5.41, 5.74) is 0.316. The highest BCUT2D eigenvalue weighted by Gasteiger charge is 2.22. The molecule has 7 nitrogen and oxygen atoms in total. The summed E-state index contributed by atoms with van der Waals surface area (Å²) >= 11 is 1.75. The Labute approximate surface area is 155 Å². The maximum Gasteiger partial charge on any atom is 0.409 e. The normalized spacial score (nSPS) is 15.3. The van der Waals surface area contributed by atoms with Crippen LogP contribution in [0.5, 0.6) is 17.2 Å². The number of hydrogen-bond acceptors (Lipinski definition) is 6. The molecular weight excluding hydrogens is 358 g/mol. The Hall–Kier alpha value is -2.42. The number of carbonyl (C=O) groups is 1. The van der Waals surface area contributed by atoms with Gasteiger partial charge in [-0.05, 0) is 36.4 Å². The van der Waals surface area contributed by atoms with Gasteiger partial charge in [0.2, 0.25) is 0 Å². The lowest BCUT2D eigenvalue weighted by Gasteiger charge is -2.13. The summed E-state index contributed by atoms with van der Waals surface area (Å²) in [6.07, 6.45) is -0.787. The van der Waals surface area contributed by atoms with Gasteiger partial charge < -0.3 is 24.1 Å². The number of methoxy groups -OCH3 is 1. The highest BCUT2D eigenvalue weighted by molar-refractivity contribution is 7.99. The molecular formula is C18H19NO6S. The van der Waals surface area contributed by atoms with E-state index < -0.39 is 6.09 Å². The van der Waals surface area contributed by atoms with E-state index in [-0.39, 0.29) is 6.79 Å². The van der Waals surface area contributed by atoms with Gasteiger partial charge in [-0.25, -0.2) is 4.79 Å². The number of rotatable bonds is 9. The molecule has 1 fully saturated rings. The molecule has 1 saturated heterocycles. The number of carboxylic acid groups (broad SMARTS) is 1. The van der Waals surface area contributed by atoms with Gasteiger partial charge in [-0.3, -0.25) is 5.32 Å². The topological polar surface area (TPSA) is 89.5 Å². The van der Waals surface area contributed by atoms with E-state index in [0.717, 1.165) is 17.3 Å². The molecule has 1 atom stereocenters. The van der Waals surface area contributed by atoms with Crippen LogP contribution in [0.15, 0.2) is 47.4 Å². The third-order valence-electron chi connectivity index (χ3n) is 3.42. The van der Waals surface area contributed by atoms with E-state index in [0.29, 0.717) is 29.0 Å². The van der Waals surface area contributed by atoms with Crippen LogP contribution < -0.4 is 14.8 Å². The molecule has 1 unspecified atom stereocenters. The number of ether oxygens (including phenoxy) is 4. The fraction of sp³-hybridized carbons (Fsp3) is 0.278. The average Bonchev–Trinajstić information content (AvgIpc) is 3.45. The first-order valence-corrected chi connectivity index (χ1v) is 8.90. The SMILES string of the molecule is COCOc1cc(Oc2ccc(SCC3CO3)cc2)ccc1NC(=O)O. The van der Waals surface area contributed by atoms with E-state index in [4.69, 9.17) is 24.1 Å². The van der Waals surface area contributed by atoms with E-state index in [1.54, 1.807) is 30.0 Å². The standard InChI is InChI=1S/C18H19NO6S/c1-22-11-24-17-8-13(4-7-16(17)19-18(20)21)25-12-2-5-15(6-3-12)26-10-14-9-23-14/h2-8,14,19H,9-11H2,1H3,(H,20,21). The van der Waals surface area contributed by atoms with Crippen molar-refractivity contribution < 1.29 is 28.8 Å². The Morgan fingerprint density at radius 3 is 2.65 bits per heavy atom. The first-order chi connectivity index (χ1) is 12.6. The lowest BCUT2D eigenvalue weighted by Crippen LogP contribution is -2.10. The maximum atomic E-state index is 10.9. The number of thioether (sulfide) groups is 1. The van der Waals surface area contributed by atoms with Crippen molar-refractivity contribution in [2.75, 3.05) is 31.6 Å². The number of anilines is 1. The molecule has 1 heterocycles. The second-order valence-corrected chi connectivity index (χ2v) is 6.57. The molecule has 3 rings (SSSR count). The number of amides is 1. The molecule has 2 N–H and O–H groups in total. The predicted octanol–water partition coefficient (Wildman–Crippen LogP) is 4.04. The minimum Gasteiger partial charge on any atom is -0.465 e. The number of benzene rings is 2. The second kappa shape index (κ2) is 8.79. The summed E-state index contributed by atoms with van der Waals surface area (Å²) in [5, 5.41) is 11.2. The molecule has 138 valence electrons. The van der Waals surface area contributed by atoms with Crippen LogP contribution in [0.4, 0.5) is 10.5 Å². The van der Waals surface area contributed by atoms with Crippen molar-refractivity contribution in [3.8, 4) is 17.2 Å². The molecule has 1 amide bonds. The lowest BCUT2D eigenvalue weighted by molar-refractivity contribution is 0.0515. The van der Waals surface area contributed by atoms with Crippen LogP contribution >= 0.6 is 11.8 Å². The summed E-state index contributed by atoms with van der Waals surface area (Å²) in [4.78, 5) is 12.0. The first-order valence-electron chi connectivity index (χ1n) is 7.92. The summed E-state index contributed by atoms with van der Waals surface area (Å²) in [6, 6.07) is 12.6. The quantitative estimate of drug-likeness (QED) is 0.387. The van der Waals surface area contributed by atoms with Crippen molar-refractivity contribution in [2.24, 2.45) is 0 Å². The van der Waals surface area contributed by atoms with E-state index >= 15 is 0 Å². The van der Waals surface area contributed by atoms with Crippen molar-refractivity contribution in [2.45, 2.75) is 11.0 Å². The van der Waals surface area contributed by atoms with Gasteiger partial charge in [0.25, 0.3) is 0 Å². The van der Waals surface area contributed by atoms with Crippen molar-refractivity contribution in [3.05, 3.63) is 42.5 Å². The Balaban J connectivity index is 1.66. The average molecular weight is 377 g/mol. The summed E-state index contributed by atoms with van der Waals surface area (Å²) < 4.78 is 21.3. The van der Waals surface area contributed by atoms with E-state index in [9.17, 15) is 4.79 Å². The number of nitrogens with one attached hydrogen (secondary N) is 1. The molecule has 0 aliphatic carbocycles. The highest BCUT2D eigenvalue weighted by Crippen LogP contribution is 2.33. The molecule has 0 aromatic heterocycles. The summed E-state index contributed by atoms with van der Waals surface area (Å²) in [5.74, 6) is 2.48. The second-order valence-electron chi connectivity index (χ2n) is 5.48. The molecule has 0 radical (unpaired) electrons. The zero-order valence-electron chi connectivity index (χ0n) is 14.1. The van der Waals surface area contributed by atoms with Gasteiger partial charge in [-0.15, -0.1) is 11.8 Å². The third-order valence-corrected chi connectivity index (χ3v) is 4.57. The summed E-state index contributed by atoms with van der Waals surface area (Å²) in [7, 11) is 1.49. The van der Waals surface area contributed by atoms with Crippen molar-refractivity contribution in [3.63, 3.8) is 0 Å². The highest BCUT2D eigenvalue weighted by atomic mass is 32.2. The van der Waals surface area contributed by atoms with E-state index in [1.807, 2.05) is 24.3 Å². The number of epoxide rings is 1. The summed E-state index contributed by atoms with van der Waals surface area (Å²) in [6.45, 7) is 0.850. The van der Waals surface area contributed by atoms with Crippen LogP contribution in [0.2, 0.25) is 0 Å². The van der Waals surface area contributed by atoms with Crippen molar-refractivity contribution in [1.29, 1.82) is 0 Å². The zero-order valence-corrected chi connectivity index (χ0v) is 15.0. The van der Waals surface area contributed by atoms with Crippen LogP contribution in [0.25, 0.3) is 0 Å². The third kappa shape index (κ3) is 5.55. The maximum absolute atomic E-state index is 10.9. The first kappa shape index (κ1) is 18.4. The minimum atomic E-state index is -1.18. The molecule has 0 saturated carbocycles. The van der Waals surface area contributed by atoms with Gasteiger partial charge in [-0.1, -0.05) is 0 Å².